The van der Waals surface area contributed by atoms with Crippen LogP contribution in [0.2, 0.25) is 0 Å². The number of carbonyl (C=O) groups is 5. The molecule has 0 aliphatic carbocycles. The lowest BCUT2D eigenvalue weighted by atomic mass is 10.0. The van der Waals surface area contributed by atoms with E-state index in [1.165, 1.54) is 14.2 Å². The lowest BCUT2D eigenvalue weighted by Gasteiger charge is -2.17. The van der Waals surface area contributed by atoms with E-state index in [0.717, 1.165) is 28.1 Å². The molecule has 0 saturated carbocycles. The van der Waals surface area contributed by atoms with Crippen molar-refractivity contribution in [3.05, 3.63) is 46.9 Å². The van der Waals surface area contributed by atoms with E-state index in [1.807, 2.05) is 36.4 Å². The van der Waals surface area contributed by atoms with Gasteiger partial charge in [-0.15, -0.1) is 0 Å². The molecule has 2 aromatic carbocycles. The Labute approximate surface area is 242 Å². The summed E-state index contributed by atoms with van der Waals surface area (Å²) in [5.74, 6) is -0.522. The molecular weight excluding hydrogens is 550 g/mol. The topological polar surface area (TPSA) is 149 Å². The molecule has 11 nitrogen and oxygen atoms in total. The minimum atomic E-state index is -0.405. The van der Waals surface area contributed by atoms with Crippen molar-refractivity contribution in [1.82, 2.24) is 16.0 Å². The molecule has 1 fully saturated rings. The van der Waals surface area contributed by atoms with E-state index in [2.05, 4.69) is 20.7 Å². The number of hydrogen-bond donors (Lipinski definition) is 3. The maximum Gasteiger partial charge on any atom is 0.307 e. The van der Waals surface area contributed by atoms with Crippen LogP contribution in [0.15, 0.2) is 41.3 Å². The number of benzene rings is 2. The van der Waals surface area contributed by atoms with Gasteiger partial charge in [0.25, 0.3) is 11.1 Å². The molecule has 41 heavy (non-hydrogen) atoms. The molecule has 0 spiro atoms. The molecule has 1 saturated heterocycles. The van der Waals surface area contributed by atoms with Gasteiger partial charge in [-0.2, -0.15) is 0 Å². The lowest BCUT2D eigenvalue weighted by Crippen LogP contribution is -2.35. The highest BCUT2D eigenvalue weighted by Gasteiger charge is 2.25. The van der Waals surface area contributed by atoms with Crippen LogP contribution >= 0.6 is 11.8 Å². The number of amides is 3. The zero-order valence-electron chi connectivity index (χ0n) is 23.2. The minimum absolute atomic E-state index is 0.0841. The number of fused-ring (bicyclic) bond motifs is 1. The molecule has 1 atom stereocenters. The first kappa shape index (κ1) is 31.6. The van der Waals surface area contributed by atoms with Crippen molar-refractivity contribution in [2.75, 3.05) is 33.9 Å². The minimum Gasteiger partial charge on any atom is -0.493 e. The van der Waals surface area contributed by atoms with Crippen LogP contribution in [0.5, 0.6) is 5.75 Å². The van der Waals surface area contributed by atoms with Gasteiger partial charge in [-0.3, -0.25) is 29.3 Å². The number of nitrogens with one attached hydrogen (secondary N) is 3. The van der Waals surface area contributed by atoms with E-state index in [4.69, 9.17) is 9.47 Å². The average Bonchev–Trinajstić information content (AvgIpc) is 3.29. The van der Waals surface area contributed by atoms with Crippen LogP contribution in [-0.4, -0.2) is 69.0 Å². The maximum absolute atomic E-state index is 12.3. The average molecular weight is 586 g/mol. The standard InChI is InChI=1S/C29H35N3O8S/c1-38-26(34)13-11-20(18-27(35)39-2)30-14-6-15-31-25(33)9-5-16-40-23-12-10-19(21-7-3-4-8-22(21)23)17-24-28(36)32-29(37)41-24/h3-4,7-8,10,12,17,20,30H,5-6,9,11,13-16,18H2,1-2H3,(H,31,33)(H,32,36,37). The Bertz CT molecular complexity index is 1300. The predicted molar refractivity (Wildman–Crippen MR) is 155 cm³/mol. The number of thioether (sulfide) groups is 1. The fourth-order valence-electron chi connectivity index (χ4n) is 4.19. The van der Waals surface area contributed by atoms with Gasteiger partial charge < -0.3 is 24.8 Å². The number of ether oxygens (including phenoxy) is 3. The molecule has 3 rings (SSSR count). The molecule has 1 heterocycles. The van der Waals surface area contributed by atoms with E-state index in [1.54, 1.807) is 6.08 Å². The molecule has 220 valence electrons. The Morgan fingerprint density at radius 1 is 0.951 bits per heavy atom. The molecule has 2 aromatic rings. The van der Waals surface area contributed by atoms with Crippen molar-refractivity contribution >= 4 is 57.6 Å². The Balaban J connectivity index is 1.39. The summed E-state index contributed by atoms with van der Waals surface area (Å²) in [4.78, 5) is 59.0. The van der Waals surface area contributed by atoms with Crippen LogP contribution in [0.1, 0.15) is 44.1 Å². The Morgan fingerprint density at radius 3 is 2.41 bits per heavy atom. The van der Waals surface area contributed by atoms with E-state index < -0.39 is 5.91 Å². The van der Waals surface area contributed by atoms with Crippen molar-refractivity contribution in [3.63, 3.8) is 0 Å². The molecule has 1 aliphatic heterocycles. The number of hydrogen-bond acceptors (Lipinski definition) is 10. The fourth-order valence-corrected chi connectivity index (χ4v) is 4.86. The van der Waals surface area contributed by atoms with E-state index >= 15 is 0 Å². The van der Waals surface area contributed by atoms with E-state index in [-0.39, 0.29) is 42.0 Å². The summed E-state index contributed by atoms with van der Waals surface area (Å²) in [6, 6.07) is 11.1. The first-order valence-corrected chi connectivity index (χ1v) is 14.2. The lowest BCUT2D eigenvalue weighted by molar-refractivity contribution is -0.143. The highest BCUT2D eigenvalue weighted by molar-refractivity contribution is 8.18. The molecule has 3 N–H and O–H groups in total. The van der Waals surface area contributed by atoms with Gasteiger partial charge in [-0.1, -0.05) is 30.3 Å². The summed E-state index contributed by atoms with van der Waals surface area (Å²) in [5, 5.41) is 9.73. The van der Waals surface area contributed by atoms with Crippen LogP contribution in [0, 0.1) is 0 Å². The van der Waals surface area contributed by atoms with Crippen LogP contribution in [-0.2, 0) is 28.7 Å². The normalized spacial score (nSPS) is 14.5. The number of rotatable bonds is 16. The molecule has 0 aromatic heterocycles. The summed E-state index contributed by atoms with van der Waals surface area (Å²) in [7, 11) is 2.64. The number of carbonyl (C=O) groups excluding carboxylic acids is 5. The smallest absolute Gasteiger partial charge is 0.307 e. The highest BCUT2D eigenvalue weighted by atomic mass is 32.2. The monoisotopic (exact) mass is 585 g/mol. The molecule has 1 aliphatic rings. The van der Waals surface area contributed by atoms with Gasteiger partial charge in [-0.05, 0) is 60.7 Å². The van der Waals surface area contributed by atoms with Gasteiger partial charge in [0.1, 0.15) is 5.75 Å². The zero-order valence-corrected chi connectivity index (χ0v) is 24.0. The maximum atomic E-state index is 12.3. The zero-order chi connectivity index (χ0) is 29.6. The predicted octanol–water partition coefficient (Wildman–Crippen LogP) is 3.30. The van der Waals surface area contributed by atoms with Gasteiger partial charge in [-0.25, -0.2) is 0 Å². The third-order valence-corrected chi connectivity index (χ3v) is 7.14. The molecular formula is C29H35N3O8S. The SMILES string of the molecule is COC(=O)CCC(CC(=O)OC)NCCCNC(=O)CCCOc1ccc(C=C2SC(=O)NC2=O)c2ccccc12. The Morgan fingerprint density at radius 2 is 1.71 bits per heavy atom. The van der Waals surface area contributed by atoms with Crippen molar-refractivity contribution < 1.29 is 38.2 Å². The van der Waals surface area contributed by atoms with Crippen LogP contribution in [0.4, 0.5) is 4.79 Å². The largest absolute Gasteiger partial charge is 0.493 e. The van der Waals surface area contributed by atoms with Crippen molar-refractivity contribution in [2.45, 2.75) is 44.6 Å². The van der Waals surface area contributed by atoms with Gasteiger partial charge in [0.2, 0.25) is 5.91 Å². The first-order chi connectivity index (χ1) is 19.8. The van der Waals surface area contributed by atoms with Gasteiger partial charge in [0, 0.05) is 30.8 Å². The van der Waals surface area contributed by atoms with Crippen molar-refractivity contribution in [2.24, 2.45) is 0 Å². The fraction of sp³-hybridized carbons (Fsp3) is 0.414. The first-order valence-electron chi connectivity index (χ1n) is 13.3. The second kappa shape index (κ2) is 16.4. The van der Waals surface area contributed by atoms with Gasteiger partial charge in [0.05, 0.1) is 32.2 Å². The summed E-state index contributed by atoms with van der Waals surface area (Å²) < 4.78 is 15.3. The molecule has 0 radical (unpaired) electrons. The van der Waals surface area contributed by atoms with E-state index in [0.29, 0.717) is 56.0 Å². The van der Waals surface area contributed by atoms with Gasteiger partial charge >= 0.3 is 11.9 Å². The third-order valence-electron chi connectivity index (χ3n) is 6.33. The Kier molecular flexibility index (Phi) is 12.6. The van der Waals surface area contributed by atoms with Crippen LogP contribution in [0.25, 0.3) is 16.8 Å². The quantitative estimate of drug-likeness (QED) is 0.152. The number of esters is 2. The summed E-state index contributed by atoms with van der Waals surface area (Å²) in [6.07, 6.45) is 3.97. The highest BCUT2D eigenvalue weighted by Crippen LogP contribution is 2.32. The third kappa shape index (κ3) is 10.2. The number of imide groups is 1. The summed E-state index contributed by atoms with van der Waals surface area (Å²) in [5.41, 5.74) is 0.800. The van der Waals surface area contributed by atoms with Crippen LogP contribution < -0.4 is 20.7 Å². The molecule has 0 bridgehead atoms. The van der Waals surface area contributed by atoms with Crippen molar-refractivity contribution in [1.29, 1.82) is 0 Å². The molecule has 1 unspecified atom stereocenters. The number of methoxy groups -OCH3 is 2. The van der Waals surface area contributed by atoms with E-state index in [9.17, 15) is 24.0 Å². The molecule has 3 amide bonds. The molecule has 12 heteroatoms. The van der Waals surface area contributed by atoms with Crippen LogP contribution in [0.3, 0.4) is 0 Å². The summed E-state index contributed by atoms with van der Waals surface area (Å²) in [6.45, 7) is 1.38. The van der Waals surface area contributed by atoms with Crippen molar-refractivity contribution in [3.8, 4) is 5.75 Å². The Hall–Kier alpha value is -3.90. The summed E-state index contributed by atoms with van der Waals surface area (Å²) >= 11 is 0.873. The van der Waals surface area contributed by atoms with Gasteiger partial charge in [0.15, 0.2) is 0 Å². The second-order valence-corrected chi connectivity index (χ2v) is 10.3. The second-order valence-electron chi connectivity index (χ2n) is 9.25.